The lowest BCUT2D eigenvalue weighted by atomic mass is 9.98. The number of ketones is 1. The second-order valence-corrected chi connectivity index (χ2v) is 8.07. The number of hydrogen-bond donors (Lipinski definition) is 0. The van der Waals surface area contributed by atoms with Gasteiger partial charge in [-0.3, -0.25) is 19.4 Å². The summed E-state index contributed by atoms with van der Waals surface area (Å²) in [5.74, 6) is -0.832. The van der Waals surface area contributed by atoms with Crippen molar-refractivity contribution in [3.63, 3.8) is 0 Å². The Morgan fingerprint density at radius 3 is 2.92 bits per heavy atom. The van der Waals surface area contributed by atoms with Crippen molar-refractivity contribution in [1.82, 2.24) is 4.90 Å². The van der Waals surface area contributed by atoms with Gasteiger partial charge in [-0.1, -0.05) is 22.9 Å². The highest BCUT2D eigenvalue weighted by Crippen LogP contribution is 2.37. The molecule has 0 saturated heterocycles. The first-order chi connectivity index (χ1) is 11.6. The summed E-state index contributed by atoms with van der Waals surface area (Å²) in [5, 5.41) is 2.15. The third kappa shape index (κ3) is 2.44. The fraction of sp³-hybridized carbons (Fsp3) is 0.333. The van der Waals surface area contributed by atoms with Gasteiger partial charge in [0, 0.05) is 21.9 Å². The maximum absolute atomic E-state index is 12.5. The zero-order valence-corrected chi connectivity index (χ0v) is 15.7. The molecule has 6 heteroatoms. The summed E-state index contributed by atoms with van der Waals surface area (Å²) >= 11 is 5.19. The van der Waals surface area contributed by atoms with Crippen molar-refractivity contribution in [2.75, 3.05) is 18.1 Å². The summed E-state index contributed by atoms with van der Waals surface area (Å²) in [6.45, 7) is 3.55. The molecule has 124 valence electrons. The topological polar surface area (TPSA) is 40.6 Å². The number of benzene rings is 1. The molecule has 4 rings (SSSR count). The SMILES string of the molecule is CC[C@@H]1c2ccsc2CCN1CN1C(=O)C(=O)c2cc(Br)ccc21. The Kier molecular flexibility index (Phi) is 4.06. The summed E-state index contributed by atoms with van der Waals surface area (Å²) in [5.41, 5.74) is 2.59. The van der Waals surface area contributed by atoms with E-state index in [0.29, 0.717) is 18.3 Å². The van der Waals surface area contributed by atoms with Crippen LogP contribution in [-0.4, -0.2) is 29.8 Å². The number of Topliss-reactive ketones (excluding diaryl/α,β-unsaturated/α-hetero) is 1. The highest BCUT2D eigenvalue weighted by atomic mass is 79.9. The summed E-state index contributed by atoms with van der Waals surface area (Å²) in [6.07, 6.45) is 2.00. The second-order valence-electron chi connectivity index (χ2n) is 6.15. The normalized spacial score (nSPS) is 20.4. The van der Waals surface area contributed by atoms with E-state index in [4.69, 9.17) is 0 Å². The first-order valence-corrected chi connectivity index (χ1v) is 9.73. The molecular formula is C18H17BrN2O2S. The zero-order valence-electron chi connectivity index (χ0n) is 13.3. The molecule has 0 radical (unpaired) electrons. The number of hydrogen-bond acceptors (Lipinski definition) is 4. The number of nitrogens with zero attached hydrogens (tertiary/aromatic N) is 2. The fourth-order valence-electron chi connectivity index (χ4n) is 3.69. The Bertz CT molecular complexity index is 832. The van der Waals surface area contributed by atoms with E-state index in [-0.39, 0.29) is 0 Å². The summed E-state index contributed by atoms with van der Waals surface area (Å²) in [7, 11) is 0. The second kappa shape index (κ2) is 6.10. The van der Waals surface area contributed by atoms with E-state index in [2.05, 4.69) is 39.2 Å². The molecule has 2 aromatic rings. The number of carbonyl (C=O) groups is 2. The quantitative estimate of drug-likeness (QED) is 0.725. The predicted octanol–water partition coefficient (Wildman–Crippen LogP) is 4.01. The van der Waals surface area contributed by atoms with Crippen LogP contribution < -0.4 is 4.90 Å². The van der Waals surface area contributed by atoms with E-state index < -0.39 is 11.7 Å². The van der Waals surface area contributed by atoms with Gasteiger partial charge in [-0.25, -0.2) is 0 Å². The molecule has 0 fully saturated rings. The monoisotopic (exact) mass is 404 g/mol. The largest absolute Gasteiger partial charge is 0.300 e. The first kappa shape index (κ1) is 16.0. The van der Waals surface area contributed by atoms with Crippen molar-refractivity contribution < 1.29 is 9.59 Å². The highest BCUT2D eigenvalue weighted by Gasteiger charge is 2.38. The molecule has 1 atom stereocenters. The van der Waals surface area contributed by atoms with Crippen molar-refractivity contribution >= 4 is 44.6 Å². The van der Waals surface area contributed by atoms with Crippen molar-refractivity contribution in [3.05, 3.63) is 50.1 Å². The van der Waals surface area contributed by atoms with Gasteiger partial charge in [-0.05, 0) is 48.1 Å². The molecule has 0 aliphatic carbocycles. The zero-order chi connectivity index (χ0) is 16.8. The minimum Gasteiger partial charge on any atom is -0.291 e. The van der Waals surface area contributed by atoms with Gasteiger partial charge in [0.05, 0.1) is 17.9 Å². The number of halogens is 1. The number of thiophene rings is 1. The third-order valence-electron chi connectivity index (χ3n) is 4.85. The minimum absolute atomic E-state index is 0.308. The smallest absolute Gasteiger partial charge is 0.291 e. The van der Waals surface area contributed by atoms with Crippen LogP contribution in [0.1, 0.15) is 40.2 Å². The first-order valence-electron chi connectivity index (χ1n) is 8.06. The average Bonchev–Trinajstić information content (AvgIpc) is 3.14. The van der Waals surface area contributed by atoms with Crippen molar-refractivity contribution in [2.24, 2.45) is 0 Å². The van der Waals surface area contributed by atoms with E-state index in [9.17, 15) is 9.59 Å². The average molecular weight is 405 g/mol. The Morgan fingerprint density at radius 2 is 2.12 bits per heavy atom. The molecule has 0 N–H and O–H groups in total. The predicted molar refractivity (Wildman–Crippen MR) is 98.6 cm³/mol. The lowest BCUT2D eigenvalue weighted by Crippen LogP contribution is -2.45. The Morgan fingerprint density at radius 1 is 1.29 bits per heavy atom. The van der Waals surface area contributed by atoms with Crippen LogP contribution in [0.15, 0.2) is 34.1 Å². The fourth-order valence-corrected chi connectivity index (χ4v) is 4.98. The molecule has 4 nitrogen and oxygen atoms in total. The molecule has 1 aromatic carbocycles. The Balaban J connectivity index is 1.64. The van der Waals surface area contributed by atoms with Gasteiger partial charge < -0.3 is 0 Å². The maximum atomic E-state index is 12.5. The van der Waals surface area contributed by atoms with Crippen LogP contribution >= 0.6 is 27.3 Å². The van der Waals surface area contributed by atoms with Crippen LogP contribution in [0.3, 0.4) is 0 Å². The lowest BCUT2D eigenvalue weighted by molar-refractivity contribution is -0.114. The van der Waals surface area contributed by atoms with Crippen molar-refractivity contribution in [1.29, 1.82) is 0 Å². The van der Waals surface area contributed by atoms with Gasteiger partial charge >= 0.3 is 5.91 Å². The molecule has 0 spiro atoms. The lowest BCUT2D eigenvalue weighted by Gasteiger charge is -2.37. The molecule has 0 unspecified atom stereocenters. The van der Waals surface area contributed by atoms with Crippen LogP contribution in [0.25, 0.3) is 0 Å². The van der Waals surface area contributed by atoms with E-state index in [1.165, 1.54) is 10.4 Å². The van der Waals surface area contributed by atoms with Crippen LogP contribution in [0.2, 0.25) is 0 Å². The van der Waals surface area contributed by atoms with Crippen molar-refractivity contribution in [2.45, 2.75) is 25.8 Å². The van der Waals surface area contributed by atoms with E-state index >= 15 is 0 Å². The van der Waals surface area contributed by atoms with E-state index in [1.807, 2.05) is 23.5 Å². The molecule has 2 aliphatic rings. The van der Waals surface area contributed by atoms with Gasteiger partial charge in [0.1, 0.15) is 0 Å². The van der Waals surface area contributed by atoms with Gasteiger partial charge in [0.15, 0.2) is 0 Å². The van der Waals surface area contributed by atoms with Gasteiger partial charge in [-0.2, -0.15) is 0 Å². The highest BCUT2D eigenvalue weighted by molar-refractivity contribution is 9.10. The number of carbonyl (C=O) groups excluding carboxylic acids is 2. The summed E-state index contributed by atoms with van der Waals surface area (Å²) in [6, 6.07) is 7.97. The molecule has 1 amide bonds. The van der Waals surface area contributed by atoms with Crippen molar-refractivity contribution in [3.8, 4) is 0 Å². The molecular weight excluding hydrogens is 388 g/mol. The van der Waals surface area contributed by atoms with Crippen LogP contribution in [0, 0.1) is 0 Å². The third-order valence-corrected chi connectivity index (χ3v) is 6.34. The number of rotatable bonds is 3. The maximum Gasteiger partial charge on any atom is 0.300 e. The van der Waals surface area contributed by atoms with E-state index in [0.717, 1.165) is 29.5 Å². The van der Waals surface area contributed by atoms with Crippen LogP contribution in [-0.2, 0) is 11.2 Å². The summed E-state index contributed by atoms with van der Waals surface area (Å²) in [4.78, 5) is 30.2. The number of fused-ring (bicyclic) bond motifs is 2. The molecule has 24 heavy (non-hydrogen) atoms. The van der Waals surface area contributed by atoms with Gasteiger partial charge in [-0.15, -0.1) is 11.3 Å². The molecule has 2 aliphatic heterocycles. The number of anilines is 1. The summed E-state index contributed by atoms with van der Waals surface area (Å²) < 4.78 is 0.816. The van der Waals surface area contributed by atoms with Crippen LogP contribution in [0.4, 0.5) is 5.69 Å². The van der Waals surface area contributed by atoms with Gasteiger partial charge in [0.2, 0.25) is 0 Å². The van der Waals surface area contributed by atoms with Crippen LogP contribution in [0.5, 0.6) is 0 Å². The molecule has 0 saturated carbocycles. The molecule has 3 heterocycles. The molecule has 1 aromatic heterocycles. The Labute approximate surface area is 153 Å². The standard InChI is InChI=1S/C18H17BrN2O2S/c1-2-14-12-6-8-24-16(12)5-7-20(14)10-21-15-4-3-11(19)9-13(15)17(22)18(21)23/h3-4,6,8-9,14H,2,5,7,10H2,1H3/t14-/m1/s1. The molecule has 0 bridgehead atoms. The minimum atomic E-state index is -0.422. The number of amides is 1. The Hall–Kier alpha value is -1.50. The van der Waals surface area contributed by atoms with E-state index in [1.54, 1.807) is 11.0 Å². The van der Waals surface area contributed by atoms with Gasteiger partial charge in [0.25, 0.3) is 5.78 Å².